The van der Waals surface area contributed by atoms with Gasteiger partial charge in [0.25, 0.3) is 0 Å². The molecule has 0 aliphatic carbocycles. The second-order valence-electron chi connectivity index (χ2n) is 4.32. The van der Waals surface area contributed by atoms with Crippen LogP contribution in [0.3, 0.4) is 0 Å². The van der Waals surface area contributed by atoms with E-state index >= 15 is 0 Å². The van der Waals surface area contributed by atoms with Crippen LogP contribution in [0.4, 0.5) is 0 Å². The van der Waals surface area contributed by atoms with Gasteiger partial charge in [-0.3, -0.25) is 9.69 Å². The molecule has 0 saturated carbocycles. The molecule has 2 saturated heterocycles. The largest absolute Gasteiger partial charge is 0.464 e. The van der Waals surface area contributed by atoms with Crippen molar-refractivity contribution in [1.29, 1.82) is 5.26 Å². The molecular formula is C11H16N2O2S. The van der Waals surface area contributed by atoms with Crippen molar-refractivity contribution in [3.05, 3.63) is 0 Å². The molecule has 16 heavy (non-hydrogen) atoms. The van der Waals surface area contributed by atoms with Crippen molar-refractivity contribution >= 4 is 17.7 Å². The molecule has 1 unspecified atom stereocenters. The van der Waals surface area contributed by atoms with Gasteiger partial charge in [-0.25, -0.2) is 0 Å². The van der Waals surface area contributed by atoms with Gasteiger partial charge in [0.2, 0.25) is 0 Å². The Bertz CT molecular complexity index is 318. The lowest BCUT2D eigenvalue weighted by molar-refractivity contribution is -0.142. The number of hydrogen-bond donors (Lipinski definition) is 0. The quantitative estimate of drug-likeness (QED) is 0.675. The summed E-state index contributed by atoms with van der Waals surface area (Å²) in [5, 5.41) is 9.16. The van der Waals surface area contributed by atoms with Crippen LogP contribution in [-0.2, 0) is 9.53 Å². The Morgan fingerprint density at radius 2 is 2.25 bits per heavy atom. The van der Waals surface area contributed by atoms with Crippen molar-refractivity contribution in [2.45, 2.75) is 30.1 Å². The number of esters is 1. The molecule has 4 nitrogen and oxygen atoms in total. The number of rotatable bonds is 2. The fraction of sp³-hybridized carbons (Fsp3) is 0.818. The fourth-order valence-corrected chi connectivity index (χ4v) is 3.06. The molecule has 1 atom stereocenters. The van der Waals surface area contributed by atoms with Crippen LogP contribution >= 0.6 is 11.8 Å². The third kappa shape index (κ3) is 2.04. The lowest BCUT2D eigenvalue weighted by Crippen LogP contribution is -2.47. The van der Waals surface area contributed by atoms with E-state index in [2.05, 4.69) is 11.0 Å². The second kappa shape index (κ2) is 4.64. The Kier molecular flexibility index (Phi) is 3.41. The van der Waals surface area contributed by atoms with Gasteiger partial charge >= 0.3 is 5.97 Å². The molecule has 2 fully saturated rings. The molecule has 5 heteroatoms. The molecule has 0 spiro atoms. The molecule has 0 amide bonds. The maximum Gasteiger partial charge on any atom is 0.323 e. The molecule has 2 aliphatic heterocycles. The van der Waals surface area contributed by atoms with Gasteiger partial charge in [-0.15, -0.1) is 11.8 Å². The van der Waals surface area contributed by atoms with E-state index < -0.39 is 0 Å². The summed E-state index contributed by atoms with van der Waals surface area (Å²) in [6.07, 6.45) is 4.48. The van der Waals surface area contributed by atoms with Gasteiger partial charge in [0, 0.05) is 19.5 Å². The molecular weight excluding hydrogens is 224 g/mol. The first-order chi connectivity index (χ1) is 7.71. The molecule has 0 aromatic carbocycles. The van der Waals surface area contributed by atoms with Crippen LogP contribution in [0.2, 0.25) is 0 Å². The highest BCUT2D eigenvalue weighted by Crippen LogP contribution is 2.35. The van der Waals surface area contributed by atoms with E-state index in [4.69, 9.17) is 10.00 Å². The number of likely N-dealkylation sites (tertiary alicyclic amines) is 1. The molecule has 0 aromatic heterocycles. The number of nitrogens with zero attached hydrogens (tertiary/aromatic N) is 2. The minimum Gasteiger partial charge on any atom is -0.464 e. The highest BCUT2D eigenvalue weighted by Gasteiger charge is 2.39. The molecule has 88 valence electrons. The molecule has 2 heterocycles. The number of carbonyl (C=O) groups excluding carboxylic acids is 1. The van der Waals surface area contributed by atoms with Crippen LogP contribution in [0.1, 0.15) is 19.3 Å². The van der Waals surface area contributed by atoms with Crippen molar-refractivity contribution < 1.29 is 9.53 Å². The van der Waals surface area contributed by atoms with E-state index in [9.17, 15) is 4.79 Å². The van der Waals surface area contributed by atoms with Crippen molar-refractivity contribution in [1.82, 2.24) is 4.90 Å². The van der Waals surface area contributed by atoms with Gasteiger partial charge in [-0.2, -0.15) is 5.26 Å². The van der Waals surface area contributed by atoms with Gasteiger partial charge in [-0.05, 0) is 19.1 Å². The van der Waals surface area contributed by atoms with Crippen LogP contribution < -0.4 is 0 Å². The van der Waals surface area contributed by atoms with Gasteiger partial charge in [0.1, 0.15) is 10.8 Å². The zero-order valence-electron chi connectivity index (χ0n) is 9.44. The Hall–Kier alpha value is -0.730. The van der Waals surface area contributed by atoms with E-state index in [1.165, 1.54) is 0 Å². The predicted octanol–water partition coefficient (Wildman–Crippen LogP) is 1.02. The Morgan fingerprint density at radius 3 is 2.69 bits per heavy atom. The number of carbonyl (C=O) groups is 1. The van der Waals surface area contributed by atoms with Crippen LogP contribution in [0.5, 0.6) is 0 Å². The first kappa shape index (κ1) is 11.7. The van der Waals surface area contributed by atoms with Gasteiger partial charge in [0.15, 0.2) is 0 Å². The molecule has 0 radical (unpaired) electrons. The lowest BCUT2D eigenvalue weighted by atomic mass is 9.96. The number of cyclic esters (lactones) is 1. The third-order valence-corrected chi connectivity index (χ3v) is 4.83. The maximum atomic E-state index is 11.4. The zero-order chi connectivity index (χ0) is 11.6. The van der Waals surface area contributed by atoms with Crippen LogP contribution in [0.15, 0.2) is 0 Å². The average molecular weight is 240 g/mol. The number of thioether (sulfide) groups is 1. The topological polar surface area (TPSA) is 53.3 Å². The number of hydrogen-bond acceptors (Lipinski definition) is 5. The summed E-state index contributed by atoms with van der Waals surface area (Å²) < 4.78 is 4.74. The monoisotopic (exact) mass is 240 g/mol. The maximum absolute atomic E-state index is 11.4. The number of nitriles is 1. The van der Waals surface area contributed by atoms with Gasteiger partial charge in [0.05, 0.1) is 12.7 Å². The summed E-state index contributed by atoms with van der Waals surface area (Å²) >= 11 is 1.63. The SMILES string of the molecule is CSC1(C#N)CCN(C2CCOC2=O)CC1. The van der Waals surface area contributed by atoms with Crippen LogP contribution in [-0.4, -0.2) is 47.6 Å². The fourth-order valence-electron chi connectivity index (χ4n) is 2.38. The number of ether oxygens (including phenoxy) is 1. The minimum absolute atomic E-state index is 0.0569. The zero-order valence-corrected chi connectivity index (χ0v) is 10.3. The van der Waals surface area contributed by atoms with Crippen LogP contribution in [0, 0.1) is 11.3 Å². The van der Waals surface area contributed by atoms with Gasteiger partial charge in [-0.1, -0.05) is 0 Å². The van der Waals surface area contributed by atoms with Crippen molar-refractivity contribution in [3.8, 4) is 6.07 Å². The summed E-state index contributed by atoms with van der Waals surface area (Å²) in [7, 11) is 0. The first-order valence-electron chi connectivity index (χ1n) is 5.58. The van der Waals surface area contributed by atoms with Crippen molar-refractivity contribution in [3.63, 3.8) is 0 Å². The van der Waals surface area contributed by atoms with Gasteiger partial charge < -0.3 is 4.74 Å². The second-order valence-corrected chi connectivity index (χ2v) is 5.51. The molecule has 2 rings (SSSR count). The minimum atomic E-state index is -0.237. The highest BCUT2D eigenvalue weighted by atomic mass is 32.2. The molecule has 0 aromatic rings. The standard InChI is InChI=1S/C11H16N2O2S/c1-16-11(8-12)3-5-13(6-4-11)9-2-7-15-10(9)14/h9H,2-7H2,1H3. The number of piperidine rings is 1. The van der Waals surface area contributed by atoms with E-state index in [1.54, 1.807) is 11.8 Å². The van der Waals surface area contributed by atoms with E-state index in [0.717, 1.165) is 32.4 Å². The van der Waals surface area contributed by atoms with E-state index in [1.807, 2.05) is 6.26 Å². The Balaban J connectivity index is 1.95. The van der Waals surface area contributed by atoms with Crippen molar-refractivity contribution in [2.24, 2.45) is 0 Å². The molecule has 2 aliphatic rings. The normalized spacial score (nSPS) is 29.8. The molecule has 0 N–H and O–H groups in total. The third-order valence-electron chi connectivity index (χ3n) is 3.55. The molecule has 0 bridgehead atoms. The van der Waals surface area contributed by atoms with E-state index in [-0.39, 0.29) is 16.8 Å². The average Bonchev–Trinajstić information content (AvgIpc) is 2.76. The smallest absolute Gasteiger partial charge is 0.323 e. The Morgan fingerprint density at radius 1 is 1.56 bits per heavy atom. The lowest BCUT2D eigenvalue weighted by Gasteiger charge is -2.37. The first-order valence-corrected chi connectivity index (χ1v) is 6.80. The Labute approximate surface area is 99.9 Å². The highest BCUT2D eigenvalue weighted by molar-refractivity contribution is 8.00. The summed E-state index contributed by atoms with van der Waals surface area (Å²) in [6, 6.07) is 2.35. The summed E-state index contributed by atoms with van der Waals surface area (Å²) in [5.74, 6) is -0.0893. The van der Waals surface area contributed by atoms with Crippen LogP contribution in [0.25, 0.3) is 0 Å². The predicted molar refractivity (Wildman–Crippen MR) is 62.0 cm³/mol. The summed E-state index contributed by atoms with van der Waals surface area (Å²) in [6.45, 7) is 2.20. The van der Waals surface area contributed by atoms with E-state index in [0.29, 0.717) is 6.61 Å². The summed E-state index contributed by atoms with van der Waals surface area (Å²) in [4.78, 5) is 13.6. The summed E-state index contributed by atoms with van der Waals surface area (Å²) in [5.41, 5.74) is 0. The van der Waals surface area contributed by atoms with Crippen molar-refractivity contribution in [2.75, 3.05) is 26.0 Å².